The van der Waals surface area contributed by atoms with Gasteiger partial charge in [-0.25, -0.2) is 13.2 Å². The van der Waals surface area contributed by atoms with Gasteiger partial charge in [-0.3, -0.25) is 4.79 Å². The molecule has 0 aromatic carbocycles. The molecule has 0 spiro atoms. The maximum absolute atomic E-state index is 13.8. The first kappa shape index (κ1) is 13.5. The van der Waals surface area contributed by atoms with Gasteiger partial charge < -0.3 is 5.32 Å². The molecule has 0 aromatic heterocycles. The molecule has 1 rings (SSSR count). The van der Waals surface area contributed by atoms with Gasteiger partial charge in [0.2, 0.25) is 6.43 Å². The minimum atomic E-state index is -2.70. The van der Waals surface area contributed by atoms with E-state index >= 15 is 0 Å². The Balaban J connectivity index is 2.78. The van der Waals surface area contributed by atoms with Crippen molar-refractivity contribution in [1.82, 2.24) is 5.32 Å². The third-order valence-electron chi connectivity index (χ3n) is 2.91. The van der Waals surface area contributed by atoms with Crippen LogP contribution < -0.4 is 5.32 Å². The Morgan fingerprint density at radius 3 is 2.38 bits per heavy atom. The number of nitrogens with one attached hydrogen (secondary N) is 1. The SMILES string of the molecule is CC(C)(C)C(=O)C1NCCC(C(F)F)C1F. The molecule has 1 saturated heterocycles. The second-order valence-electron chi connectivity index (χ2n) is 5.28. The summed E-state index contributed by atoms with van der Waals surface area (Å²) in [7, 11) is 0. The van der Waals surface area contributed by atoms with Crippen LogP contribution in [0.15, 0.2) is 0 Å². The van der Waals surface area contributed by atoms with E-state index in [0.29, 0.717) is 0 Å². The lowest BCUT2D eigenvalue weighted by Gasteiger charge is -2.35. The zero-order chi connectivity index (χ0) is 12.5. The predicted octanol–water partition coefficient (Wildman–Crippen LogP) is 2.18. The fraction of sp³-hybridized carbons (Fsp3) is 0.909. The largest absolute Gasteiger partial charge is 0.305 e. The molecule has 1 fully saturated rings. The molecule has 0 saturated carbocycles. The normalized spacial score (nSPS) is 31.8. The summed E-state index contributed by atoms with van der Waals surface area (Å²) in [4.78, 5) is 11.9. The molecule has 0 aliphatic carbocycles. The number of rotatable bonds is 2. The number of piperidine rings is 1. The number of carbonyl (C=O) groups is 1. The Labute approximate surface area is 93.6 Å². The first-order chi connectivity index (χ1) is 7.25. The molecule has 94 valence electrons. The molecule has 0 bridgehead atoms. The third-order valence-corrected chi connectivity index (χ3v) is 2.91. The van der Waals surface area contributed by atoms with Gasteiger partial charge in [0.05, 0.1) is 12.0 Å². The lowest BCUT2D eigenvalue weighted by atomic mass is 9.79. The molecule has 1 heterocycles. The maximum atomic E-state index is 13.8. The first-order valence-electron chi connectivity index (χ1n) is 5.45. The van der Waals surface area contributed by atoms with Gasteiger partial charge in [0.15, 0.2) is 5.78 Å². The number of halogens is 3. The Morgan fingerprint density at radius 2 is 1.94 bits per heavy atom. The Morgan fingerprint density at radius 1 is 1.38 bits per heavy atom. The van der Waals surface area contributed by atoms with E-state index in [0.717, 1.165) is 0 Å². The summed E-state index contributed by atoms with van der Waals surface area (Å²) in [5.41, 5.74) is -0.716. The second kappa shape index (κ2) is 4.73. The van der Waals surface area contributed by atoms with Crippen LogP contribution in [0.2, 0.25) is 0 Å². The smallest absolute Gasteiger partial charge is 0.244 e. The molecule has 3 unspecified atom stereocenters. The fourth-order valence-corrected chi connectivity index (χ4v) is 1.89. The number of hydrogen-bond donors (Lipinski definition) is 1. The van der Waals surface area contributed by atoms with Crippen LogP contribution in [0.4, 0.5) is 13.2 Å². The Kier molecular flexibility index (Phi) is 3.99. The number of alkyl halides is 3. The van der Waals surface area contributed by atoms with E-state index in [4.69, 9.17) is 0 Å². The molecule has 0 aromatic rings. The van der Waals surface area contributed by atoms with Crippen LogP contribution in [-0.4, -0.2) is 31.0 Å². The van der Waals surface area contributed by atoms with Crippen LogP contribution in [0.25, 0.3) is 0 Å². The zero-order valence-corrected chi connectivity index (χ0v) is 9.77. The van der Waals surface area contributed by atoms with Crippen molar-refractivity contribution in [2.45, 2.75) is 45.8 Å². The van der Waals surface area contributed by atoms with E-state index in [9.17, 15) is 18.0 Å². The van der Waals surface area contributed by atoms with Crippen LogP contribution >= 0.6 is 0 Å². The van der Waals surface area contributed by atoms with Crippen molar-refractivity contribution in [3.05, 3.63) is 0 Å². The topological polar surface area (TPSA) is 29.1 Å². The average molecular weight is 237 g/mol. The maximum Gasteiger partial charge on any atom is 0.244 e. The summed E-state index contributed by atoms with van der Waals surface area (Å²) in [6.07, 6.45) is -4.42. The van der Waals surface area contributed by atoms with E-state index in [1.54, 1.807) is 20.8 Å². The molecule has 0 amide bonds. The number of ketones is 1. The van der Waals surface area contributed by atoms with Crippen LogP contribution in [0.3, 0.4) is 0 Å². The van der Waals surface area contributed by atoms with Crippen molar-refractivity contribution in [1.29, 1.82) is 0 Å². The number of hydrogen-bond acceptors (Lipinski definition) is 2. The van der Waals surface area contributed by atoms with E-state index in [-0.39, 0.29) is 18.7 Å². The van der Waals surface area contributed by atoms with Crippen molar-refractivity contribution in [3.63, 3.8) is 0 Å². The highest BCUT2D eigenvalue weighted by Gasteiger charge is 2.44. The average Bonchev–Trinajstić information content (AvgIpc) is 2.15. The van der Waals surface area contributed by atoms with E-state index in [2.05, 4.69) is 5.32 Å². The molecule has 0 radical (unpaired) electrons. The lowest BCUT2D eigenvalue weighted by Crippen LogP contribution is -2.56. The molecular formula is C11H18F3NO. The fourth-order valence-electron chi connectivity index (χ4n) is 1.89. The second-order valence-corrected chi connectivity index (χ2v) is 5.28. The molecule has 3 atom stereocenters. The highest BCUT2D eigenvalue weighted by Crippen LogP contribution is 2.30. The Bertz CT molecular complexity index is 262. The van der Waals surface area contributed by atoms with Crippen LogP contribution in [-0.2, 0) is 4.79 Å². The molecule has 2 nitrogen and oxygen atoms in total. The van der Waals surface area contributed by atoms with Crippen LogP contribution in [0.5, 0.6) is 0 Å². The van der Waals surface area contributed by atoms with Gasteiger partial charge in [-0.1, -0.05) is 20.8 Å². The van der Waals surface area contributed by atoms with Gasteiger partial charge in [-0.05, 0) is 13.0 Å². The summed E-state index contributed by atoms with van der Waals surface area (Å²) in [5.74, 6) is -1.66. The predicted molar refractivity (Wildman–Crippen MR) is 55.3 cm³/mol. The van der Waals surface area contributed by atoms with Gasteiger partial charge in [0, 0.05) is 5.41 Å². The molecule has 16 heavy (non-hydrogen) atoms. The highest BCUT2D eigenvalue weighted by atomic mass is 19.3. The van der Waals surface area contributed by atoms with Crippen LogP contribution in [0, 0.1) is 11.3 Å². The Hall–Kier alpha value is -0.580. The van der Waals surface area contributed by atoms with Crippen molar-refractivity contribution in [3.8, 4) is 0 Å². The van der Waals surface area contributed by atoms with Gasteiger partial charge in [0.25, 0.3) is 0 Å². The van der Waals surface area contributed by atoms with Gasteiger partial charge in [0.1, 0.15) is 6.17 Å². The summed E-state index contributed by atoms with van der Waals surface area (Å²) in [6.45, 7) is 5.25. The quantitative estimate of drug-likeness (QED) is 0.797. The highest BCUT2D eigenvalue weighted by molar-refractivity contribution is 5.89. The summed E-state index contributed by atoms with van der Waals surface area (Å²) < 4.78 is 38.8. The van der Waals surface area contributed by atoms with Crippen molar-refractivity contribution < 1.29 is 18.0 Å². The number of carbonyl (C=O) groups excluding carboxylic acids is 1. The molecular weight excluding hydrogens is 219 g/mol. The lowest BCUT2D eigenvalue weighted by molar-refractivity contribution is -0.133. The zero-order valence-electron chi connectivity index (χ0n) is 9.77. The summed E-state index contributed by atoms with van der Waals surface area (Å²) >= 11 is 0. The number of Topliss-reactive ketones (excluding diaryl/α,β-unsaturated/α-hetero) is 1. The first-order valence-corrected chi connectivity index (χ1v) is 5.45. The van der Waals surface area contributed by atoms with Crippen LogP contribution in [0.1, 0.15) is 27.2 Å². The van der Waals surface area contributed by atoms with Gasteiger partial charge in [-0.15, -0.1) is 0 Å². The van der Waals surface area contributed by atoms with E-state index < -0.39 is 30.0 Å². The minimum absolute atomic E-state index is 0.0761. The standard InChI is InChI=1S/C11H18F3NO/c1-11(2,3)9(16)8-7(12)6(10(13)14)4-5-15-8/h6-8,10,15H,4-5H2,1-3H3. The van der Waals surface area contributed by atoms with Gasteiger partial charge >= 0.3 is 0 Å². The van der Waals surface area contributed by atoms with Crippen molar-refractivity contribution in [2.75, 3.05) is 6.54 Å². The van der Waals surface area contributed by atoms with Crippen molar-refractivity contribution in [2.24, 2.45) is 11.3 Å². The van der Waals surface area contributed by atoms with E-state index in [1.807, 2.05) is 0 Å². The third kappa shape index (κ3) is 2.75. The summed E-state index contributed by atoms with van der Waals surface area (Å²) in [5, 5.41) is 2.70. The van der Waals surface area contributed by atoms with Crippen molar-refractivity contribution >= 4 is 5.78 Å². The molecule has 1 N–H and O–H groups in total. The summed E-state index contributed by atoms with van der Waals surface area (Å²) in [6, 6.07) is -1.09. The minimum Gasteiger partial charge on any atom is -0.305 e. The van der Waals surface area contributed by atoms with Gasteiger partial charge in [-0.2, -0.15) is 0 Å². The monoisotopic (exact) mass is 237 g/mol. The molecule has 1 aliphatic rings. The molecule has 1 aliphatic heterocycles. The molecule has 5 heteroatoms. The van der Waals surface area contributed by atoms with E-state index in [1.165, 1.54) is 0 Å².